The van der Waals surface area contributed by atoms with Crippen molar-refractivity contribution in [1.29, 1.82) is 0 Å². The lowest BCUT2D eigenvalue weighted by Crippen LogP contribution is -2.30. The molecule has 4 rings (SSSR count). The minimum absolute atomic E-state index is 0.0925. The Morgan fingerprint density at radius 2 is 2.24 bits per heavy atom. The molecule has 1 atom stereocenters. The van der Waals surface area contributed by atoms with Gasteiger partial charge >= 0.3 is 0 Å². The lowest BCUT2D eigenvalue weighted by Gasteiger charge is -2.15. The number of methoxy groups -OCH3 is 1. The number of carbonyl (C=O) groups excluding carboxylic acids is 1. The number of furan rings is 1. The summed E-state index contributed by atoms with van der Waals surface area (Å²) < 4.78 is 16.6. The summed E-state index contributed by atoms with van der Waals surface area (Å²) in [5.41, 5.74) is 0.663. The van der Waals surface area contributed by atoms with E-state index < -0.39 is 0 Å². The molecule has 0 saturated carbocycles. The molecule has 1 aliphatic rings. The van der Waals surface area contributed by atoms with Crippen molar-refractivity contribution in [3.63, 3.8) is 0 Å². The van der Waals surface area contributed by atoms with E-state index in [9.17, 15) is 4.79 Å². The van der Waals surface area contributed by atoms with Gasteiger partial charge in [-0.15, -0.1) is 5.10 Å². The van der Waals surface area contributed by atoms with Crippen LogP contribution in [-0.4, -0.2) is 47.3 Å². The van der Waals surface area contributed by atoms with E-state index in [2.05, 4.69) is 10.2 Å². The molecule has 3 aromatic rings. The minimum atomic E-state index is -0.139. The number of hydrogen-bond donors (Lipinski definition) is 0. The molecule has 7 nitrogen and oxygen atoms in total. The first-order valence-corrected chi connectivity index (χ1v) is 8.04. The number of rotatable bonds is 4. The van der Waals surface area contributed by atoms with Crippen LogP contribution in [0.5, 0.6) is 11.6 Å². The van der Waals surface area contributed by atoms with Crippen molar-refractivity contribution >= 4 is 16.9 Å². The fourth-order valence-corrected chi connectivity index (χ4v) is 2.94. The number of benzene rings is 1. The molecular weight excluding hydrogens is 322 g/mol. The molecule has 1 aliphatic heterocycles. The predicted octanol–water partition coefficient (Wildman–Crippen LogP) is 2.52. The van der Waals surface area contributed by atoms with E-state index in [4.69, 9.17) is 13.9 Å². The van der Waals surface area contributed by atoms with E-state index in [1.165, 1.54) is 0 Å². The van der Waals surface area contributed by atoms with Crippen LogP contribution >= 0.6 is 0 Å². The van der Waals surface area contributed by atoms with Crippen molar-refractivity contribution in [3.8, 4) is 11.6 Å². The minimum Gasteiger partial charge on any atom is -0.497 e. The van der Waals surface area contributed by atoms with Crippen LogP contribution in [0, 0.1) is 0 Å². The van der Waals surface area contributed by atoms with E-state index in [0.717, 1.165) is 17.6 Å². The van der Waals surface area contributed by atoms with Gasteiger partial charge in [0.1, 0.15) is 17.4 Å². The molecule has 1 fully saturated rings. The van der Waals surface area contributed by atoms with E-state index in [1.54, 1.807) is 48.5 Å². The summed E-state index contributed by atoms with van der Waals surface area (Å²) in [6.07, 6.45) is 2.25. The van der Waals surface area contributed by atoms with E-state index in [0.29, 0.717) is 30.3 Å². The van der Waals surface area contributed by atoms with Gasteiger partial charge in [0.2, 0.25) is 5.88 Å². The molecule has 0 radical (unpaired) electrons. The van der Waals surface area contributed by atoms with Gasteiger partial charge in [0.05, 0.1) is 13.7 Å². The molecule has 0 spiro atoms. The van der Waals surface area contributed by atoms with Crippen LogP contribution in [0.1, 0.15) is 17.0 Å². The average Bonchev–Trinajstić information content (AvgIpc) is 3.28. The lowest BCUT2D eigenvalue weighted by molar-refractivity contribution is 0.0742. The highest BCUT2D eigenvalue weighted by atomic mass is 16.5. The van der Waals surface area contributed by atoms with Crippen molar-refractivity contribution in [2.75, 3.05) is 20.2 Å². The van der Waals surface area contributed by atoms with Gasteiger partial charge in [-0.1, -0.05) is 0 Å². The van der Waals surface area contributed by atoms with Crippen LogP contribution in [0.4, 0.5) is 0 Å². The summed E-state index contributed by atoms with van der Waals surface area (Å²) in [6.45, 7) is 1.11. The zero-order valence-electron chi connectivity index (χ0n) is 13.7. The summed E-state index contributed by atoms with van der Waals surface area (Å²) in [5, 5.41) is 8.54. The van der Waals surface area contributed by atoms with E-state index in [-0.39, 0.29) is 12.0 Å². The van der Waals surface area contributed by atoms with Gasteiger partial charge in [-0.2, -0.15) is 5.10 Å². The number of aromatic nitrogens is 2. The molecule has 128 valence electrons. The maximum Gasteiger partial charge on any atom is 0.289 e. The molecule has 2 aromatic heterocycles. The third-order valence-corrected chi connectivity index (χ3v) is 4.20. The van der Waals surface area contributed by atoms with Crippen molar-refractivity contribution in [1.82, 2.24) is 15.1 Å². The molecule has 1 unspecified atom stereocenters. The Bertz CT molecular complexity index is 894. The first kappa shape index (κ1) is 15.4. The monoisotopic (exact) mass is 339 g/mol. The number of nitrogens with zero attached hydrogens (tertiary/aromatic N) is 3. The van der Waals surface area contributed by atoms with Gasteiger partial charge < -0.3 is 18.8 Å². The number of amides is 1. The van der Waals surface area contributed by atoms with Crippen molar-refractivity contribution in [2.45, 2.75) is 12.5 Å². The molecule has 0 N–H and O–H groups in total. The molecule has 1 saturated heterocycles. The van der Waals surface area contributed by atoms with Gasteiger partial charge in [0.25, 0.3) is 5.91 Å². The first-order valence-electron chi connectivity index (χ1n) is 8.04. The highest BCUT2D eigenvalue weighted by molar-refractivity contribution is 5.96. The van der Waals surface area contributed by atoms with Gasteiger partial charge in [0, 0.05) is 30.6 Å². The quantitative estimate of drug-likeness (QED) is 0.727. The summed E-state index contributed by atoms with van der Waals surface area (Å²) in [6, 6.07) is 10.7. The maximum atomic E-state index is 12.7. The smallest absolute Gasteiger partial charge is 0.289 e. The second-order valence-corrected chi connectivity index (χ2v) is 5.86. The average molecular weight is 339 g/mol. The summed E-state index contributed by atoms with van der Waals surface area (Å²) in [5.74, 6) is 1.38. The highest BCUT2D eigenvalue weighted by Gasteiger charge is 2.30. The molecule has 0 bridgehead atoms. The van der Waals surface area contributed by atoms with Gasteiger partial charge in [-0.05, 0) is 30.3 Å². The molecule has 25 heavy (non-hydrogen) atoms. The fraction of sp³-hybridized carbons (Fsp3) is 0.278. The van der Waals surface area contributed by atoms with Crippen LogP contribution in [0.2, 0.25) is 0 Å². The third kappa shape index (κ3) is 3.13. The molecule has 7 heteroatoms. The SMILES string of the molecule is COc1ccc2oc(C(=O)N3CCC(Oc4cccnn4)C3)cc2c1. The Hall–Kier alpha value is -3.09. The Kier molecular flexibility index (Phi) is 3.97. The third-order valence-electron chi connectivity index (χ3n) is 4.20. The van der Waals surface area contributed by atoms with Gasteiger partial charge in [0.15, 0.2) is 5.76 Å². The molecule has 0 aliphatic carbocycles. The van der Waals surface area contributed by atoms with Crippen LogP contribution in [0.3, 0.4) is 0 Å². The second-order valence-electron chi connectivity index (χ2n) is 5.86. The second kappa shape index (κ2) is 6.43. The van der Waals surface area contributed by atoms with Crippen molar-refractivity contribution in [3.05, 3.63) is 48.4 Å². The Labute approximate surface area is 144 Å². The lowest BCUT2D eigenvalue weighted by atomic mass is 10.2. The van der Waals surface area contributed by atoms with Crippen LogP contribution in [-0.2, 0) is 0 Å². The Balaban J connectivity index is 1.46. The fourth-order valence-electron chi connectivity index (χ4n) is 2.94. The van der Waals surface area contributed by atoms with E-state index >= 15 is 0 Å². The number of fused-ring (bicyclic) bond motifs is 1. The molecular formula is C18H17N3O4. The van der Waals surface area contributed by atoms with E-state index in [1.807, 2.05) is 6.07 Å². The van der Waals surface area contributed by atoms with Crippen LogP contribution < -0.4 is 9.47 Å². The number of carbonyl (C=O) groups is 1. The van der Waals surface area contributed by atoms with Crippen molar-refractivity contribution in [2.24, 2.45) is 0 Å². The van der Waals surface area contributed by atoms with Crippen LogP contribution in [0.25, 0.3) is 11.0 Å². The summed E-state index contributed by atoms with van der Waals surface area (Å²) >= 11 is 0. The maximum absolute atomic E-state index is 12.7. The van der Waals surface area contributed by atoms with Gasteiger partial charge in [-0.25, -0.2) is 0 Å². The standard InChI is InChI=1S/C18H17N3O4/c1-23-13-4-5-15-12(9-13)10-16(25-15)18(22)21-8-6-14(11-21)24-17-3-2-7-19-20-17/h2-5,7,9-10,14H,6,8,11H2,1H3. The zero-order valence-corrected chi connectivity index (χ0v) is 13.7. The van der Waals surface area contributed by atoms with Crippen LogP contribution in [0.15, 0.2) is 47.0 Å². The number of hydrogen-bond acceptors (Lipinski definition) is 6. The zero-order chi connectivity index (χ0) is 17.2. The molecule has 1 amide bonds. The largest absolute Gasteiger partial charge is 0.497 e. The normalized spacial score (nSPS) is 17.0. The van der Waals surface area contributed by atoms with Gasteiger partial charge in [-0.3, -0.25) is 4.79 Å². The number of ether oxygens (including phenoxy) is 2. The Morgan fingerprint density at radius 1 is 1.32 bits per heavy atom. The Morgan fingerprint density at radius 3 is 3.04 bits per heavy atom. The first-order chi connectivity index (χ1) is 12.2. The summed E-state index contributed by atoms with van der Waals surface area (Å²) in [4.78, 5) is 14.4. The van der Waals surface area contributed by atoms with Crippen molar-refractivity contribution < 1.29 is 18.7 Å². The number of likely N-dealkylation sites (tertiary alicyclic amines) is 1. The topological polar surface area (TPSA) is 77.7 Å². The predicted molar refractivity (Wildman–Crippen MR) is 89.7 cm³/mol. The molecule has 1 aromatic carbocycles. The summed E-state index contributed by atoms with van der Waals surface area (Å²) in [7, 11) is 1.61. The highest BCUT2D eigenvalue weighted by Crippen LogP contribution is 2.26. The molecule has 3 heterocycles.